The molecule has 0 aliphatic rings. The molecule has 0 N–H and O–H groups in total. The zero-order valence-corrected chi connectivity index (χ0v) is 50.0. The van der Waals surface area contributed by atoms with E-state index in [-0.39, 0.29) is 31.1 Å². The van der Waals surface area contributed by atoms with Gasteiger partial charge in [-0.3, -0.25) is 14.4 Å². The third-order valence-corrected chi connectivity index (χ3v) is 15.6. The molecule has 73 heavy (non-hydrogen) atoms. The monoisotopic (exact) mass is 1030 g/mol. The van der Waals surface area contributed by atoms with Crippen LogP contribution in [-0.2, 0) is 28.6 Å². The van der Waals surface area contributed by atoms with E-state index in [1.54, 1.807) is 0 Å². The molecule has 0 spiro atoms. The largest absolute Gasteiger partial charge is 0.462 e. The molecule has 434 valence electrons. The Morgan fingerprint density at radius 2 is 0.370 bits per heavy atom. The van der Waals surface area contributed by atoms with Crippen LogP contribution in [0.15, 0.2) is 0 Å². The van der Waals surface area contributed by atoms with Gasteiger partial charge in [-0.15, -0.1) is 0 Å². The minimum Gasteiger partial charge on any atom is -0.462 e. The Morgan fingerprint density at radius 3 is 0.548 bits per heavy atom. The van der Waals surface area contributed by atoms with Crippen molar-refractivity contribution in [1.82, 2.24) is 0 Å². The van der Waals surface area contributed by atoms with Crippen molar-refractivity contribution in [2.75, 3.05) is 13.2 Å². The maximum absolute atomic E-state index is 12.9. The Labute approximate surface area is 457 Å². The summed E-state index contributed by atoms with van der Waals surface area (Å²) in [5.74, 6) is -0.839. The number of carbonyl (C=O) groups is 3. The molecule has 0 saturated carbocycles. The summed E-state index contributed by atoms with van der Waals surface area (Å²) in [5, 5.41) is 0. The van der Waals surface area contributed by atoms with Crippen LogP contribution in [0.2, 0.25) is 0 Å². The van der Waals surface area contributed by atoms with Crippen LogP contribution in [0.4, 0.5) is 0 Å². The second-order valence-electron chi connectivity index (χ2n) is 23.1. The number of unbranched alkanes of at least 4 members (excludes halogenated alkanes) is 52. The van der Waals surface area contributed by atoms with E-state index in [1.165, 1.54) is 295 Å². The zero-order chi connectivity index (χ0) is 52.9. The van der Waals surface area contributed by atoms with Crippen LogP contribution < -0.4 is 0 Å². The van der Waals surface area contributed by atoms with Crippen LogP contribution >= 0.6 is 0 Å². The minimum absolute atomic E-state index is 0.0618. The van der Waals surface area contributed by atoms with Crippen molar-refractivity contribution in [2.24, 2.45) is 0 Å². The van der Waals surface area contributed by atoms with Gasteiger partial charge in [-0.2, -0.15) is 0 Å². The highest BCUT2D eigenvalue weighted by Gasteiger charge is 2.19. The summed E-state index contributed by atoms with van der Waals surface area (Å²) in [5.41, 5.74) is 0. The molecule has 0 rings (SSSR count). The molecule has 0 saturated heterocycles. The first-order chi connectivity index (χ1) is 36.0. The summed E-state index contributed by atoms with van der Waals surface area (Å²) in [4.78, 5) is 38.0. The van der Waals surface area contributed by atoms with E-state index in [9.17, 15) is 14.4 Å². The molecular formula is C67H130O6. The maximum atomic E-state index is 12.9. The lowest BCUT2D eigenvalue weighted by Gasteiger charge is -2.18. The molecule has 0 amide bonds. The van der Waals surface area contributed by atoms with E-state index in [0.717, 1.165) is 57.8 Å². The second kappa shape index (κ2) is 62.9. The Balaban J connectivity index is 3.98. The first-order valence-corrected chi connectivity index (χ1v) is 33.5. The van der Waals surface area contributed by atoms with Crippen molar-refractivity contribution in [3.63, 3.8) is 0 Å². The summed E-state index contributed by atoms with van der Waals surface area (Å²) in [7, 11) is 0. The van der Waals surface area contributed by atoms with Crippen LogP contribution in [0.1, 0.15) is 393 Å². The van der Waals surface area contributed by atoms with Gasteiger partial charge in [0.25, 0.3) is 0 Å². The topological polar surface area (TPSA) is 78.9 Å². The molecule has 0 aromatic rings. The van der Waals surface area contributed by atoms with E-state index >= 15 is 0 Å². The predicted octanol–water partition coefficient (Wildman–Crippen LogP) is 22.7. The van der Waals surface area contributed by atoms with Crippen molar-refractivity contribution in [3.05, 3.63) is 0 Å². The van der Waals surface area contributed by atoms with Gasteiger partial charge in [0.15, 0.2) is 6.10 Å². The molecule has 1 unspecified atom stereocenters. The highest BCUT2D eigenvalue weighted by atomic mass is 16.6. The van der Waals surface area contributed by atoms with E-state index in [0.29, 0.717) is 19.3 Å². The SMILES string of the molecule is CCCCCCCCCCCCCCCCCCCCCCCCCCCC(=O)OCC(COC(=O)CCCCCCCC)OC(=O)CCCCCCCCCCCCCCCCCCCCCCCCCC. The average molecular weight is 1030 g/mol. The average Bonchev–Trinajstić information content (AvgIpc) is 3.39. The van der Waals surface area contributed by atoms with Gasteiger partial charge in [0.05, 0.1) is 0 Å². The van der Waals surface area contributed by atoms with Crippen LogP contribution in [0.25, 0.3) is 0 Å². The van der Waals surface area contributed by atoms with E-state index in [4.69, 9.17) is 14.2 Å². The molecule has 0 aliphatic carbocycles. The van der Waals surface area contributed by atoms with Crippen molar-refractivity contribution < 1.29 is 28.6 Å². The van der Waals surface area contributed by atoms with Crippen molar-refractivity contribution in [2.45, 2.75) is 399 Å². The Kier molecular flexibility index (Phi) is 61.6. The van der Waals surface area contributed by atoms with E-state index < -0.39 is 6.10 Å². The molecule has 1 atom stereocenters. The van der Waals surface area contributed by atoms with Gasteiger partial charge in [-0.25, -0.2) is 0 Å². The summed E-state index contributed by atoms with van der Waals surface area (Å²) in [6.07, 6.45) is 73.1. The Hall–Kier alpha value is -1.59. The molecule has 0 radical (unpaired) electrons. The molecule has 0 bridgehead atoms. The van der Waals surface area contributed by atoms with Gasteiger partial charge in [0.2, 0.25) is 0 Å². The number of esters is 3. The van der Waals surface area contributed by atoms with Crippen LogP contribution in [-0.4, -0.2) is 37.2 Å². The summed E-state index contributed by atoms with van der Waals surface area (Å²) < 4.78 is 16.8. The highest BCUT2D eigenvalue weighted by Crippen LogP contribution is 2.19. The number of hydrogen-bond donors (Lipinski definition) is 0. The lowest BCUT2D eigenvalue weighted by Crippen LogP contribution is -2.30. The van der Waals surface area contributed by atoms with Crippen molar-refractivity contribution in [1.29, 1.82) is 0 Å². The number of carbonyl (C=O) groups excluding carboxylic acids is 3. The first-order valence-electron chi connectivity index (χ1n) is 33.5. The third kappa shape index (κ3) is 61.1. The fourth-order valence-corrected chi connectivity index (χ4v) is 10.6. The number of ether oxygens (including phenoxy) is 3. The van der Waals surface area contributed by atoms with Gasteiger partial charge >= 0.3 is 17.9 Å². The maximum Gasteiger partial charge on any atom is 0.306 e. The van der Waals surface area contributed by atoms with Gasteiger partial charge in [0, 0.05) is 19.3 Å². The van der Waals surface area contributed by atoms with Gasteiger partial charge in [-0.05, 0) is 19.3 Å². The summed E-state index contributed by atoms with van der Waals surface area (Å²) in [6, 6.07) is 0. The number of rotatable bonds is 63. The van der Waals surface area contributed by atoms with Crippen LogP contribution in [0.3, 0.4) is 0 Å². The van der Waals surface area contributed by atoms with Gasteiger partial charge < -0.3 is 14.2 Å². The smallest absolute Gasteiger partial charge is 0.306 e. The molecule has 0 aromatic carbocycles. The lowest BCUT2D eigenvalue weighted by atomic mass is 10.0. The van der Waals surface area contributed by atoms with Crippen LogP contribution in [0, 0.1) is 0 Å². The van der Waals surface area contributed by atoms with Gasteiger partial charge in [-0.1, -0.05) is 355 Å². The molecule has 0 heterocycles. The molecular weight excluding hydrogens is 901 g/mol. The van der Waals surface area contributed by atoms with Gasteiger partial charge in [0.1, 0.15) is 13.2 Å². The summed E-state index contributed by atoms with van der Waals surface area (Å²) in [6.45, 7) is 6.67. The first kappa shape index (κ1) is 71.4. The van der Waals surface area contributed by atoms with E-state index in [2.05, 4.69) is 20.8 Å². The normalized spacial score (nSPS) is 11.9. The van der Waals surface area contributed by atoms with Crippen LogP contribution in [0.5, 0.6) is 0 Å². The molecule has 6 nitrogen and oxygen atoms in total. The minimum atomic E-state index is -0.761. The zero-order valence-electron chi connectivity index (χ0n) is 50.0. The van der Waals surface area contributed by atoms with E-state index in [1.807, 2.05) is 0 Å². The molecule has 0 aromatic heterocycles. The standard InChI is InChI=1S/C67H130O6/c1-4-7-10-13-16-18-20-22-24-26-28-30-32-34-36-37-39-41-43-45-47-49-51-54-57-60-66(69)72-63-64(62-71-65(68)59-56-53-15-12-9-6-3)73-67(70)61-58-55-52-50-48-46-44-42-40-38-35-33-31-29-27-25-23-21-19-17-14-11-8-5-2/h64H,4-63H2,1-3H3. The number of hydrogen-bond acceptors (Lipinski definition) is 6. The molecule has 6 heteroatoms. The second-order valence-corrected chi connectivity index (χ2v) is 23.1. The Bertz CT molecular complexity index is 1090. The predicted molar refractivity (Wildman–Crippen MR) is 317 cm³/mol. The fraction of sp³-hybridized carbons (Fsp3) is 0.955. The lowest BCUT2D eigenvalue weighted by molar-refractivity contribution is -0.167. The third-order valence-electron chi connectivity index (χ3n) is 15.6. The van der Waals surface area contributed by atoms with Crippen molar-refractivity contribution in [3.8, 4) is 0 Å². The molecule has 0 aliphatic heterocycles. The van der Waals surface area contributed by atoms with Crippen molar-refractivity contribution >= 4 is 17.9 Å². The highest BCUT2D eigenvalue weighted by molar-refractivity contribution is 5.71. The Morgan fingerprint density at radius 1 is 0.219 bits per heavy atom. The molecule has 0 fully saturated rings. The quantitative estimate of drug-likeness (QED) is 0.0343. The summed E-state index contributed by atoms with van der Waals surface area (Å²) >= 11 is 0. The fourth-order valence-electron chi connectivity index (χ4n) is 10.6.